The molecule has 1 atom stereocenters. The lowest BCUT2D eigenvalue weighted by molar-refractivity contribution is -0.137. The molecule has 0 saturated heterocycles. The van der Waals surface area contributed by atoms with Gasteiger partial charge in [-0.1, -0.05) is 30.3 Å². The summed E-state index contributed by atoms with van der Waals surface area (Å²) in [5, 5.41) is 7.60. The standard InChI is InChI=1S/C24H22F3N5/c1-15(18-5-4-6-19(11-18)20-13-28-32(3)14-20)29-23-12-22(30-16(2)31-23)17-7-9-21(10-8-17)24(25,26)27/h4-15H,1-3H3,(H,29,30,31). The minimum Gasteiger partial charge on any atom is -0.363 e. The summed E-state index contributed by atoms with van der Waals surface area (Å²) in [5.41, 5.74) is 3.63. The van der Waals surface area contributed by atoms with E-state index in [1.54, 1.807) is 17.7 Å². The third-order valence-corrected chi connectivity index (χ3v) is 5.14. The van der Waals surface area contributed by atoms with Gasteiger partial charge < -0.3 is 5.32 Å². The maximum absolute atomic E-state index is 12.9. The van der Waals surface area contributed by atoms with Gasteiger partial charge in [0.2, 0.25) is 0 Å². The second kappa shape index (κ2) is 8.45. The molecule has 8 heteroatoms. The summed E-state index contributed by atoms with van der Waals surface area (Å²) in [6, 6.07) is 14.8. The van der Waals surface area contributed by atoms with Gasteiger partial charge >= 0.3 is 6.18 Å². The quantitative estimate of drug-likeness (QED) is 0.413. The number of rotatable bonds is 5. The molecular weight excluding hydrogens is 415 g/mol. The minimum atomic E-state index is -4.37. The van der Waals surface area contributed by atoms with Crippen molar-refractivity contribution in [3.05, 3.63) is 83.9 Å². The summed E-state index contributed by atoms with van der Waals surface area (Å²) in [7, 11) is 1.88. The maximum atomic E-state index is 12.9. The summed E-state index contributed by atoms with van der Waals surface area (Å²) in [5.74, 6) is 1.13. The van der Waals surface area contributed by atoms with Crippen molar-refractivity contribution in [1.29, 1.82) is 0 Å². The average Bonchev–Trinajstić information content (AvgIpc) is 3.19. The topological polar surface area (TPSA) is 55.6 Å². The Bertz CT molecular complexity index is 1230. The van der Waals surface area contributed by atoms with Crippen LogP contribution in [0.15, 0.2) is 67.0 Å². The first-order valence-electron chi connectivity index (χ1n) is 10.1. The highest BCUT2D eigenvalue weighted by atomic mass is 19.4. The van der Waals surface area contributed by atoms with Crippen molar-refractivity contribution in [1.82, 2.24) is 19.7 Å². The van der Waals surface area contributed by atoms with Crippen molar-refractivity contribution in [2.45, 2.75) is 26.1 Å². The molecule has 32 heavy (non-hydrogen) atoms. The molecule has 2 aromatic carbocycles. The van der Waals surface area contributed by atoms with Crippen LogP contribution < -0.4 is 5.32 Å². The van der Waals surface area contributed by atoms with Gasteiger partial charge in [0, 0.05) is 36.5 Å². The smallest absolute Gasteiger partial charge is 0.363 e. The van der Waals surface area contributed by atoms with E-state index in [9.17, 15) is 13.2 Å². The monoisotopic (exact) mass is 437 g/mol. The van der Waals surface area contributed by atoms with Crippen molar-refractivity contribution >= 4 is 5.82 Å². The van der Waals surface area contributed by atoms with Crippen molar-refractivity contribution in [3.8, 4) is 22.4 Å². The van der Waals surface area contributed by atoms with Crippen LogP contribution in [0.4, 0.5) is 19.0 Å². The van der Waals surface area contributed by atoms with E-state index < -0.39 is 11.7 Å². The predicted molar refractivity (Wildman–Crippen MR) is 118 cm³/mol. The fraction of sp³-hybridized carbons (Fsp3) is 0.208. The highest BCUT2D eigenvalue weighted by Gasteiger charge is 2.30. The molecule has 4 rings (SSSR count). The first kappa shape index (κ1) is 21.5. The highest BCUT2D eigenvalue weighted by molar-refractivity contribution is 5.64. The first-order chi connectivity index (χ1) is 15.2. The normalized spacial score (nSPS) is 12.6. The van der Waals surface area contributed by atoms with Crippen molar-refractivity contribution in [3.63, 3.8) is 0 Å². The van der Waals surface area contributed by atoms with Crippen LogP contribution in [0, 0.1) is 6.92 Å². The molecule has 0 aliphatic rings. The third kappa shape index (κ3) is 4.80. The zero-order valence-corrected chi connectivity index (χ0v) is 17.9. The number of aryl methyl sites for hydroxylation is 2. The van der Waals surface area contributed by atoms with Crippen molar-refractivity contribution < 1.29 is 13.2 Å². The summed E-state index contributed by atoms with van der Waals surface area (Å²) < 4.78 is 40.3. The minimum absolute atomic E-state index is 0.0543. The Kier molecular flexibility index (Phi) is 5.69. The molecule has 0 saturated carbocycles. The fourth-order valence-electron chi connectivity index (χ4n) is 3.48. The van der Waals surface area contributed by atoms with Crippen LogP contribution in [0.25, 0.3) is 22.4 Å². The molecule has 0 spiro atoms. The molecule has 164 valence electrons. The Morgan fingerprint density at radius 1 is 0.938 bits per heavy atom. The number of alkyl halides is 3. The van der Waals surface area contributed by atoms with E-state index in [1.165, 1.54) is 12.1 Å². The lowest BCUT2D eigenvalue weighted by Crippen LogP contribution is -2.09. The largest absolute Gasteiger partial charge is 0.416 e. The predicted octanol–water partition coefficient (Wildman–Crippen LogP) is 6.04. The second-order valence-electron chi connectivity index (χ2n) is 7.65. The van der Waals surface area contributed by atoms with Crippen LogP contribution in [-0.4, -0.2) is 19.7 Å². The number of aromatic nitrogens is 4. The van der Waals surface area contributed by atoms with E-state index >= 15 is 0 Å². The third-order valence-electron chi connectivity index (χ3n) is 5.14. The molecule has 1 N–H and O–H groups in total. The molecule has 0 radical (unpaired) electrons. The number of nitrogens with zero attached hydrogens (tertiary/aromatic N) is 4. The summed E-state index contributed by atoms with van der Waals surface area (Å²) in [4.78, 5) is 8.84. The molecule has 0 aliphatic carbocycles. The van der Waals surface area contributed by atoms with Crippen LogP contribution in [0.2, 0.25) is 0 Å². The first-order valence-corrected chi connectivity index (χ1v) is 10.1. The SMILES string of the molecule is Cc1nc(NC(C)c2cccc(-c3cnn(C)c3)c2)cc(-c2ccc(C(F)(F)F)cc2)n1. The van der Waals surface area contributed by atoms with Gasteiger partial charge in [0.15, 0.2) is 0 Å². The van der Waals surface area contributed by atoms with Gasteiger partial charge in [-0.2, -0.15) is 18.3 Å². The van der Waals surface area contributed by atoms with Crippen LogP contribution >= 0.6 is 0 Å². The highest BCUT2D eigenvalue weighted by Crippen LogP contribution is 2.31. The van der Waals surface area contributed by atoms with Gasteiger partial charge in [0.1, 0.15) is 11.6 Å². The maximum Gasteiger partial charge on any atom is 0.416 e. The lowest BCUT2D eigenvalue weighted by Gasteiger charge is -2.17. The van der Waals surface area contributed by atoms with E-state index in [1.807, 2.05) is 44.6 Å². The summed E-state index contributed by atoms with van der Waals surface area (Å²) >= 11 is 0. The molecule has 0 fully saturated rings. The molecule has 2 heterocycles. The van der Waals surface area contributed by atoms with Crippen LogP contribution in [0.3, 0.4) is 0 Å². The molecule has 0 aliphatic heterocycles. The van der Waals surface area contributed by atoms with E-state index in [0.717, 1.165) is 28.8 Å². The number of nitrogens with one attached hydrogen (secondary N) is 1. The number of halogens is 3. The van der Waals surface area contributed by atoms with Crippen molar-refractivity contribution in [2.24, 2.45) is 7.05 Å². The molecule has 2 aromatic heterocycles. The van der Waals surface area contributed by atoms with Gasteiger partial charge in [0.25, 0.3) is 0 Å². The molecule has 5 nitrogen and oxygen atoms in total. The second-order valence-corrected chi connectivity index (χ2v) is 7.65. The number of hydrogen-bond acceptors (Lipinski definition) is 4. The molecule has 4 aromatic rings. The van der Waals surface area contributed by atoms with E-state index in [2.05, 4.69) is 26.4 Å². The number of anilines is 1. The Balaban J connectivity index is 1.57. The molecule has 0 bridgehead atoms. The Labute approximate surface area is 184 Å². The van der Waals surface area contributed by atoms with Gasteiger partial charge in [-0.25, -0.2) is 9.97 Å². The molecule has 0 amide bonds. The fourth-order valence-corrected chi connectivity index (χ4v) is 3.48. The van der Waals surface area contributed by atoms with Gasteiger partial charge in [0.05, 0.1) is 17.5 Å². The van der Waals surface area contributed by atoms with Crippen LogP contribution in [-0.2, 0) is 13.2 Å². The van der Waals surface area contributed by atoms with E-state index in [-0.39, 0.29) is 6.04 Å². The summed E-state index contributed by atoms with van der Waals surface area (Å²) in [6.07, 6.45) is -0.588. The number of hydrogen-bond donors (Lipinski definition) is 1. The van der Waals surface area contributed by atoms with E-state index in [4.69, 9.17) is 0 Å². The Morgan fingerprint density at radius 2 is 1.69 bits per heavy atom. The zero-order valence-electron chi connectivity index (χ0n) is 17.9. The molecule has 1 unspecified atom stereocenters. The van der Waals surface area contributed by atoms with Crippen molar-refractivity contribution in [2.75, 3.05) is 5.32 Å². The number of benzene rings is 2. The van der Waals surface area contributed by atoms with Crippen LogP contribution in [0.1, 0.15) is 29.9 Å². The Hall–Kier alpha value is -3.68. The molecular formula is C24H22F3N5. The van der Waals surface area contributed by atoms with Gasteiger partial charge in [-0.15, -0.1) is 0 Å². The zero-order chi connectivity index (χ0) is 22.9. The van der Waals surface area contributed by atoms with Gasteiger partial charge in [-0.3, -0.25) is 4.68 Å². The lowest BCUT2D eigenvalue weighted by atomic mass is 10.0. The Morgan fingerprint density at radius 3 is 2.34 bits per heavy atom. The average molecular weight is 437 g/mol. The van der Waals surface area contributed by atoms with Gasteiger partial charge in [-0.05, 0) is 43.2 Å². The van der Waals surface area contributed by atoms with Crippen LogP contribution in [0.5, 0.6) is 0 Å². The van der Waals surface area contributed by atoms with E-state index in [0.29, 0.717) is 22.9 Å². The summed E-state index contributed by atoms with van der Waals surface area (Å²) in [6.45, 7) is 3.78.